The van der Waals surface area contributed by atoms with E-state index < -0.39 is 29.9 Å². The third-order valence-electron chi connectivity index (χ3n) is 4.67. The molecule has 178 valence electrons. The van der Waals surface area contributed by atoms with E-state index in [4.69, 9.17) is 0 Å². The highest BCUT2D eigenvalue weighted by atomic mass is 32.2. The molecule has 0 saturated heterocycles. The molecule has 3 aromatic carbocycles. The molecule has 3 aromatic rings. The number of nitro benzene ring substituents is 2. The van der Waals surface area contributed by atoms with Crippen LogP contribution in [0.4, 0.5) is 22.7 Å². The molecule has 0 amide bonds. The Morgan fingerprint density at radius 1 is 0.647 bits per heavy atom. The summed E-state index contributed by atoms with van der Waals surface area (Å²) >= 11 is 0. The topological polar surface area (TPSA) is 179 Å². The van der Waals surface area contributed by atoms with Crippen LogP contribution in [0.5, 0.6) is 0 Å². The maximum absolute atomic E-state index is 13.0. The monoisotopic (exact) mass is 506 g/mol. The Bertz CT molecular complexity index is 1410. The lowest BCUT2D eigenvalue weighted by Gasteiger charge is -2.15. The van der Waals surface area contributed by atoms with Gasteiger partial charge in [-0.25, -0.2) is 16.8 Å². The van der Waals surface area contributed by atoms with Crippen LogP contribution < -0.4 is 9.44 Å². The summed E-state index contributed by atoms with van der Waals surface area (Å²) < 4.78 is 56.4. The number of nitrogens with zero attached hydrogens (tertiary/aromatic N) is 2. The van der Waals surface area contributed by atoms with Crippen molar-refractivity contribution in [3.05, 3.63) is 92.0 Å². The normalized spacial score (nSPS) is 11.6. The quantitative estimate of drug-likeness (QED) is 0.343. The standard InChI is InChI=1S/C20H18N4O8S2/c1-13-9-14(2)20(34(31,32)22-16-6-4-8-18(11-16)24(27)28)12-19(13)33(29,30)21-15-5-3-7-17(10-15)23(25)26/h3-12,21-22H,1-2H3. The molecule has 0 fully saturated rings. The van der Waals surface area contributed by atoms with Gasteiger partial charge in [0.25, 0.3) is 31.4 Å². The summed E-state index contributed by atoms with van der Waals surface area (Å²) in [7, 11) is -8.66. The van der Waals surface area contributed by atoms with Crippen molar-refractivity contribution in [2.75, 3.05) is 9.44 Å². The van der Waals surface area contributed by atoms with Crippen LogP contribution in [0.2, 0.25) is 0 Å². The second-order valence-corrected chi connectivity index (χ2v) is 10.5. The third-order valence-corrected chi connectivity index (χ3v) is 7.72. The van der Waals surface area contributed by atoms with Gasteiger partial charge in [0.1, 0.15) is 0 Å². The number of hydrogen-bond acceptors (Lipinski definition) is 8. The number of benzene rings is 3. The van der Waals surface area contributed by atoms with Crippen molar-refractivity contribution >= 4 is 42.8 Å². The van der Waals surface area contributed by atoms with E-state index in [1.54, 1.807) is 0 Å². The summed E-state index contributed by atoms with van der Waals surface area (Å²) in [6.07, 6.45) is 0. The van der Waals surface area contributed by atoms with Gasteiger partial charge in [0, 0.05) is 24.3 Å². The lowest BCUT2D eigenvalue weighted by atomic mass is 10.2. The molecule has 0 aliphatic rings. The van der Waals surface area contributed by atoms with Crippen molar-refractivity contribution in [3.63, 3.8) is 0 Å². The fourth-order valence-corrected chi connectivity index (χ4v) is 5.86. The Labute approximate surface area is 194 Å². The van der Waals surface area contributed by atoms with Crippen LogP contribution in [0, 0.1) is 34.1 Å². The number of hydrogen-bond donors (Lipinski definition) is 2. The molecule has 3 rings (SSSR count). The fourth-order valence-electron chi connectivity index (χ4n) is 3.18. The second-order valence-electron chi connectivity index (χ2n) is 7.21. The number of nitrogens with one attached hydrogen (secondary N) is 2. The zero-order valence-electron chi connectivity index (χ0n) is 17.8. The minimum Gasteiger partial charge on any atom is -0.279 e. The average Bonchev–Trinajstić information content (AvgIpc) is 2.73. The maximum atomic E-state index is 13.0. The summed E-state index contributed by atoms with van der Waals surface area (Å²) in [4.78, 5) is 19.8. The van der Waals surface area contributed by atoms with Gasteiger partial charge >= 0.3 is 0 Å². The molecule has 14 heteroatoms. The molecule has 0 spiro atoms. The van der Waals surface area contributed by atoms with E-state index in [9.17, 15) is 37.1 Å². The van der Waals surface area contributed by atoms with Crippen molar-refractivity contribution in [1.82, 2.24) is 0 Å². The van der Waals surface area contributed by atoms with E-state index in [-0.39, 0.29) is 43.7 Å². The fraction of sp³-hybridized carbons (Fsp3) is 0.100. The lowest BCUT2D eigenvalue weighted by molar-refractivity contribution is -0.385. The molecular weight excluding hydrogens is 488 g/mol. The molecular formula is C20H18N4O8S2. The molecule has 12 nitrogen and oxygen atoms in total. The number of aryl methyl sites for hydroxylation is 2. The molecule has 2 N–H and O–H groups in total. The van der Waals surface area contributed by atoms with Crippen molar-refractivity contribution < 1.29 is 26.7 Å². The maximum Gasteiger partial charge on any atom is 0.271 e. The molecule has 0 heterocycles. The molecule has 0 bridgehead atoms. The van der Waals surface area contributed by atoms with Gasteiger partial charge in [-0.15, -0.1) is 0 Å². The predicted molar refractivity (Wildman–Crippen MR) is 124 cm³/mol. The van der Waals surface area contributed by atoms with E-state index in [1.807, 2.05) is 0 Å². The van der Waals surface area contributed by atoms with Crippen LogP contribution in [0.3, 0.4) is 0 Å². The first-order valence-corrected chi connectivity index (χ1v) is 12.4. The third kappa shape index (κ3) is 5.29. The first-order chi connectivity index (χ1) is 15.8. The van der Waals surface area contributed by atoms with Gasteiger partial charge in [0.05, 0.1) is 31.0 Å². The van der Waals surface area contributed by atoms with Gasteiger partial charge in [0.2, 0.25) is 0 Å². The van der Waals surface area contributed by atoms with Crippen LogP contribution in [0.15, 0.2) is 70.5 Å². The van der Waals surface area contributed by atoms with Gasteiger partial charge in [-0.05, 0) is 43.2 Å². The smallest absolute Gasteiger partial charge is 0.271 e. The van der Waals surface area contributed by atoms with Gasteiger partial charge in [-0.2, -0.15) is 0 Å². The summed E-state index contributed by atoms with van der Waals surface area (Å²) in [5, 5.41) is 21.9. The first kappa shape index (κ1) is 24.6. The van der Waals surface area contributed by atoms with Crippen LogP contribution in [0.25, 0.3) is 0 Å². The Hall–Kier alpha value is -4.04. The zero-order valence-corrected chi connectivity index (χ0v) is 19.4. The van der Waals surface area contributed by atoms with E-state index >= 15 is 0 Å². The van der Waals surface area contributed by atoms with E-state index in [0.717, 1.165) is 18.2 Å². The van der Waals surface area contributed by atoms with Crippen molar-refractivity contribution in [2.45, 2.75) is 23.6 Å². The lowest BCUT2D eigenvalue weighted by Crippen LogP contribution is -2.18. The number of nitro groups is 2. The zero-order chi connectivity index (χ0) is 25.3. The highest BCUT2D eigenvalue weighted by Gasteiger charge is 2.25. The van der Waals surface area contributed by atoms with Crippen LogP contribution in [0.1, 0.15) is 11.1 Å². The molecule has 0 aromatic heterocycles. The van der Waals surface area contributed by atoms with Gasteiger partial charge < -0.3 is 0 Å². The minimum absolute atomic E-state index is 0.0756. The van der Waals surface area contributed by atoms with E-state index in [0.29, 0.717) is 0 Å². The predicted octanol–water partition coefficient (Wildman–Crippen LogP) is 3.72. The second kappa shape index (κ2) is 9.07. The van der Waals surface area contributed by atoms with Crippen LogP contribution in [-0.4, -0.2) is 26.7 Å². The highest BCUT2D eigenvalue weighted by molar-refractivity contribution is 7.93. The largest absolute Gasteiger partial charge is 0.279 e. The van der Waals surface area contributed by atoms with Gasteiger partial charge in [0.15, 0.2) is 0 Å². The number of non-ortho nitro benzene ring substituents is 2. The summed E-state index contributed by atoms with van der Waals surface area (Å²) in [6.45, 7) is 2.94. The Balaban J connectivity index is 2.01. The Kier molecular flexibility index (Phi) is 6.56. The summed E-state index contributed by atoms with van der Waals surface area (Å²) in [6, 6.07) is 12.0. The van der Waals surface area contributed by atoms with Crippen molar-refractivity contribution in [2.24, 2.45) is 0 Å². The van der Waals surface area contributed by atoms with E-state index in [1.165, 1.54) is 56.3 Å². The summed E-state index contributed by atoms with van der Waals surface area (Å²) in [5.74, 6) is 0. The van der Waals surface area contributed by atoms with Crippen molar-refractivity contribution in [3.8, 4) is 0 Å². The molecule has 0 atom stereocenters. The van der Waals surface area contributed by atoms with Crippen LogP contribution in [-0.2, 0) is 20.0 Å². The molecule has 0 aliphatic carbocycles. The average molecular weight is 507 g/mol. The van der Waals surface area contributed by atoms with E-state index in [2.05, 4.69) is 9.44 Å². The minimum atomic E-state index is -4.33. The van der Waals surface area contributed by atoms with Crippen LogP contribution >= 0.6 is 0 Å². The number of sulfonamides is 2. The molecule has 34 heavy (non-hydrogen) atoms. The van der Waals surface area contributed by atoms with Gasteiger partial charge in [-0.1, -0.05) is 18.2 Å². The molecule has 0 radical (unpaired) electrons. The van der Waals surface area contributed by atoms with Gasteiger partial charge in [-0.3, -0.25) is 29.7 Å². The number of rotatable bonds is 8. The number of anilines is 2. The SMILES string of the molecule is Cc1cc(C)c(S(=O)(=O)Nc2cccc([N+](=O)[O-])c2)cc1S(=O)(=O)Nc1cccc([N+](=O)[O-])c1. The highest BCUT2D eigenvalue weighted by Crippen LogP contribution is 2.28. The Morgan fingerprint density at radius 2 is 1.03 bits per heavy atom. The van der Waals surface area contributed by atoms with Crippen molar-refractivity contribution in [1.29, 1.82) is 0 Å². The molecule has 0 saturated carbocycles. The molecule has 0 aliphatic heterocycles. The summed E-state index contributed by atoms with van der Waals surface area (Å²) in [5.41, 5.74) is -0.327. The Morgan fingerprint density at radius 3 is 1.38 bits per heavy atom. The molecule has 0 unspecified atom stereocenters. The first-order valence-electron chi connectivity index (χ1n) is 9.46.